The molecule has 0 bridgehead atoms. The summed E-state index contributed by atoms with van der Waals surface area (Å²) in [5.41, 5.74) is 0. The largest absolute Gasteiger partial charge is 0.297 e. The van der Waals surface area contributed by atoms with E-state index in [4.69, 9.17) is 0 Å². The van der Waals surface area contributed by atoms with Crippen LogP contribution in [-0.4, -0.2) is 17.4 Å². The van der Waals surface area contributed by atoms with Gasteiger partial charge in [0.15, 0.2) is 0 Å². The highest BCUT2D eigenvalue weighted by Crippen LogP contribution is 2.15. The van der Waals surface area contributed by atoms with Crippen molar-refractivity contribution < 1.29 is 4.79 Å². The highest BCUT2D eigenvalue weighted by atomic mass is 79.9. The van der Waals surface area contributed by atoms with Gasteiger partial charge in [-0.05, 0) is 34.5 Å². The molecule has 15 heavy (non-hydrogen) atoms. The average molecular weight is 269 g/mol. The normalized spacial score (nSPS) is 9.73. The summed E-state index contributed by atoms with van der Waals surface area (Å²) in [5, 5.41) is 0. The number of rotatable bonds is 4. The maximum atomic E-state index is 11.4. The van der Waals surface area contributed by atoms with Crippen molar-refractivity contribution in [2.24, 2.45) is 0 Å². The monoisotopic (exact) mass is 268 g/mol. The highest BCUT2D eigenvalue weighted by Gasteiger charge is 2.11. The van der Waals surface area contributed by atoms with Crippen LogP contribution in [0.15, 0.2) is 35.5 Å². The van der Waals surface area contributed by atoms with Crippen LogP contribution in [-0.2, 0) is 4.79 Å². The summed E-state index contributed by atoms with van der Waals surface area (Å²) in [6.07, 6.45) is 2.54. The molecule has 0 aliphatic carbocycles. The van der Waals surface area contributed by atoms with Crippen molar-refractivity contribution in [3.8, 4) is 0 Å². The van der Waals surface area contributed by atoms with Crippen molar-refractivity contribution >= 4 is 27.7 Å². The first-order valence-electron chi connectivity index (χ1n) is 4.66. The Morgan fingerprint density at radius 2 is 2.40 bits per heavy atom. The van der Waals surface area contributed by atoms with E-state index in [1.165, 1.54) is 6.92 Å². The van der Waals surface area contributed by atoms with Crippen LogP contribution in [0.2, 0.25) is 0 Å². The van der Waals surface area contributed by atoms with Crippen molar-refractivity contribution in [1.29, 1.82) is 0 Å². The van der Waals surface area contributed by atoms with Gasteiger partial charge in [-0.2, -0.15) is 0 Å². The van der Waals surface area contributed by atoms with Crippen molar-refractivity contribution in [3.05, 3.63) is 35.5 Å². The fourth-order valence-electron chi connectivity index (χ4n) is 1.20. The number of carbonyl (C=O) groups excluding carboxylic acids is 1. The fourth-order valence-corrected chi connectivity index (χ4v) is 1.54. The lowest BCUT2D eigenvalue weighted by atomic mass is 10.3. The van der Waals surface area contributed by atoms with Crippen molar-refractivity contribution in [2.75, 3.05) is 11.4 Å². The lowest BCUT2D eigenvalue weighted by molar-refractivity contribution is -0.116. The van der Waals surface area contributed by atoms with Crippen LogP contribution >= 0.6 is 15.9 Å². The van der Waals surface area contributed by atoms with Crippen LogP contribution in [0.1, 0.15) is 13.3 Å². The van der Waals surface area contributed by atoms with Gasteiger partial charge in [0.1, 0.15) is 10.4 Å². The molecule has 80 valence electrons. The minimum atomic E-state index is -0.0116. The molecule has 4 heteroatoms. The van der Waals surface area contributed by atoms with Gasteiger partial charge in [-0.25, -0.2) is 4.98 Å². The Hall–Kier alpha value is -1.16. The number of hydrogen-bond acceptors (Lipinski definition) is 2. The lowest BCUT2D eigenvalue weighted by Gasteiger charge is -2.19. The van der Waals surface area contributed by atoms with E-state index in [1.54, 1.807) is 11.0 Å². The van der Waals surface area contributed by atoms with E-state index in [9.17, 15) is 4.79 Å². The third-order valence-corrected chi connectivity index (χ3v) is 2.36. The van der Waals surface area contributed by atoms with Gasteiger partial charge in [-0.1, -0.05) is 12.1 Å². The molecule has 0 aliphatic heterocycles. The first kappa shape index (κ1) is 11.9. The van der Waals surface area contributed by atoms with Crippen LogP contribution in [0.3, 0.4) is 0 Å². The molecule has 0 aromatic carbocycles. The number of amides is 1. The third kappa shape index (κ3) is 3.47. The van der Waals surface area contributed by atoms with Gasteiger partial charge >= 0.3 is 0 Å². The summed E-state index contributed by atoms with van der Waals surface area (Å²) in [6.45, 7) is 5.78. The summed E-state index contributed by atoms with van der Waals surface area (Å²) >= 11 is 3.28. The summed E-state index contributed by atoms with van der Waals surface area (Å²) in [7, 11) is 0. The zero-order valence-corrected chi connectivity index (χ0v) is 10.2. The summed E-state index contributed by atoms with van der Waals surface area (Å²) < 4.78 is 0.727. The lowest BCUT2D eigenvalue weighted by Crippen LogP contribution is -2.30. The van der Waals surface area contributed by atoms with Gasteiger partial charge in [0, 0.05) is 13.5 Å². The van der Waals surface area contributed by atoms with Crippen molar-refractivity contribution in [3.63, 3.8) is 0 Å². The minimum Gasteiger partial charge on any atom is -0.297 e. The predicted octanol–water partition coefficient (Wildman–Crippen LogP) is 2.77. The summed E-state index contributed by atoms with van der Waals surface area (Å²) in [5.74, 6) is 0.654. The molecule has 0 fully saturated rings. The van der Waals surface area contributed by atoms with Gasteiger partial charge in [0.05, 0.1) is 0 Å². The molecule has 0 radical (unpaired) electrons. The topological polar surface area (TPSA) is 33.2 Å². The Balaban J connectivity index is 2.88. The molecule has 0 spiro atoms. The molecular formula is C11H13BrN2O. The summed E-state index contributed by atoms with van der Waals surface area (Å²) in [4.78, 5) is 17.3. The second kappa shape index (κ2) is 5.66. The quantitative estimate of drug-likeness (QED) is 0.622. The van der Waals surface area contributed by atoms with Gasteiger partial charge in [0.2, 0.25) is 5.91 Å². The van der Waals surface area contributed by atoms with Crippen LogP contribution in [0.4, 0.5) is 5.82 Å². The Morgan fingerprint density at radius 3 is 2.93 bits per heavy atom. The number of hydrogen-bond donors (Lipinski definition) is 0. The maximum absolute atomic E-state index is 11.4. The first-order valence-corrected chi connectivity index (χ1v) is 5.46. The Morgan fingerprint density at radius 1 is 1.67 bits per heavy atom. The smallest absolute Gasteiger partial charge is 0.225 e. The van der Waals surface area contributed by atoms with E-state index in [2.05, 4.69) is 27.5 Å². The minimum absolute atomic E-state index is 0.0116. The summed E-state index contributed by atoms with van der Waals surface area (Å²) in [6, 6.07) is 5.50. The van der Waals surface area contributed by atoms with E-state index in [0.29, 0.717) is 12.4 Å². The molecule has 0 atom stereocenters. The number of halogens is 1. The first-order chi connectivity index (χ1) is 7.15. The zero-order valence-electron chi connectivity index (χ0n) is 8.61. The number of pyridine rings is 1. The SMILES string of the molecule is C=CCCN(C(C)=O)c1cccc(Br)n1. The highest BCUT2D eigenvalue weighted by molar-refractivity contribution is 9.10. The molecular weight excluding hydrogens is 256 g/mol. The predicted molar refractivity (Wildman–Crippen MR) is 64.8 cm³/mol. The van der Waals surface area contributed by atoms with E-state index in [0.717, 1.165) is 11.0 Å². The third-order valence-electron chi connectivity index (χ3n) is 1.91. The Labute approximate surface area is 97.9 Å². The van der Waals surface area contributed by atoms with Crippen LogP contribution in [0.5, 0.6) is 0 Å². The van der Waals surface area contributed by atoms with Gasteiger partial charge < -0.3 is 0 Å². The van der Waals surface area contributed by atoms with Crippen LogP contribution in [0.25, 0.3) is 0 Å². The molecule has 0 unspecified atom stereocenters. The molecule has 0 saturated carbocycles. The molecule has 0 saturated heterocycles. The second-order valence-corrected chi connectivity index (χ2v) is 3.88. The number of carbonyl (C=O) groups is 1. The van der Waals surface area contributed by atoms with Gasteiger partial charge in [0.25, 0.3) is 0 Å². The van der Waals surface area contributed by atoms with E-state index in [1.807, 2.05) is 18.2 Å². The Bertz CT molecular complexity index is 365. The number of aromatic nitrogens is 1. The zero-order chi connectivity index (χ0) is 11.3. The molecule has 3 nitrogen and oxygen atoms in total. The number of anilines is 1. The average Bonchev–Trinajstić information content (AvgIpc) is 2.18. The van der Waals surface area contributed by atoms with Crippen LogP contribution in [0, 0.1) is 0 Å². The van der Waals surface area contributed by atoms with E-state index in [-0.39, 0.29) is 5.91 Å². The van der Waals surface area contributed by atoms with E-state index >= 15 is 0 Å². The molecule has 1 rings (SSSR count). The molecule has 1 amide bonds. The standard InChI is InChI=1S/C11H13BrN2O/c1-3-4-8-14(9(2)15)11-7-5-6-10(12)13-11/h3,5-7H,1,4,8H2,2H3. The molecule has 0 N–H and O–H groups in total. The molecule has 0 aliphatic rings. The van der Waals surface area contributed by atoms with Gasteiger partial charge in [-0.3, -0.25) is 9.69 Å². The second-order valence-electron chi connectivity index (χ2n) is 3.07. The molecule has 1 aromatic rings. The van der Waals surface area contributed by atoms with E-state index < -0.39 is 0 Å². The fraction of sp³-hybridized carbons (Fsp3) is 0.273. The molecule has 1 aromatic heterocycles. The maximum Gasteiger partial charge on any atom is 0.225 e. The Kier molecular flexibility index (Phi) is 4.49. The van der Waals surface area contributed by atoms with Crippen molar-refractivity contribution in [1.82, 2.24) is 4.98 Å². The van der Waals surface area contributed by atoms with Crippen LogP contribution < -0.4 is 4.90 Å². The van der Waals surface area contributed by atoms with Gasteiger partial charge in [-0.15, -0.1) is 6.58 Å². The van der Waals surface area contributed by atoms with Crippen molar-refractivity contribution in [2.45, 2.75) is 13.3 Å². The number of nitrogens with zero attached hydrogens (tertiary/aromatic N) is 2. The molecule has 1 heterocycles.